The molecular formula is C20H37N5O3. The maximum atomic E-state index is 12.5. The lowest BCUT2D eigenvalue weighted by atomic mass is 9.56. The maximum Gasteiger partial charge on any atom is 0.236 e. The van der Waals surface area contributed by atoms with Crippen LogP contribution in [-0.2, 0) is 14.3 Å². The van der Waals surface area contributed by atoms with Crippen molar-refractivity contribution in [3.05, 3.63) is 0 Å². The quantitative estimate of drug-likeness (QED) is 0.543. The van der Waals surface area contributed by atoms with Gasteiger partial charge < -0.3 is 24.6 Å². The molecule has 2 atom stereocenters. The Kier molecular flexibility index (Phi) is 6.51. The van der Waals surface area contributed by atoms with Crippen molar-refractivity contribution in [2.75, 3.05) is 73.2 Å². The van der Waals surface area contributed by atoms with Crippen LogP contribution in [0.25, 0.3) is 0 Å². The molecule has 3 aliphatic rings. The van der Waals surface area contributed by atoms with Gasteiger partial charge in [-0.1, -0.05) is 13.8 Å². The topological polar surface area (TPSA) is 69.6 Å². The van der Waals surface area contributed by atoms with Gasteiger partial charge in [0.25, 0.3) is 0 Å². The fourth-order valence-electron chi connectivity index (χ4n) is 4.40. The number of methoxy groups -OCH3 is 1. The monoisotopic (exact) mass is 395 g/mol. The second-order valence-electron chi connectivity index (χ2n) is 8.86. The first-order valence-corrected chi connectivity index (χ1v) is 10.4. The predicted molar refractivity (Wildman–Crippen MR) is 110 cm³/mol. The number of guanidine groups is 1. The third-order valence-corrected chi connectivity index (χ3v) is 7.19. The van der Waals surface area contributed by atoms with Crippen molar-refractivity contribution >= 4 is 11.9 Å². The number of nitrogens with zero attached hydrogens (tertiary/aromatic N) is 4. The third-order valence-electron chi connectivity index (χ3n) is 7.19. The van der Waals surface area contributed by atoms with Gasteiger partial charge in [0.05, 0.1) is 25.4 Å². The minimum atomic E-state index is -0.0952. The van der Waals surface area contributed by atoms with E-state index in [1.807, 2.05) is 11.9 Å². The van der Waals surface area contributed by atoms with Crippen molar-refractivity contribution in [1.82, 2.24) is 20.0 Å². The van der Waals surface area contributed by atoms with Crippen LogP contribution in [0.1, 0.15) is 27.2 Å². The van der Waals surface area contributed by atoms with Gasteiger partial charge in [0, 0.05) is 64.9 Å². The van der Waals surface area contributed by atoms with Gasteiger partial charge in [0.15, 0.2) is 5.96 Å². The lowest BCUT2D eigenvalue weighted by Crippen LogP contribution is -2.70. The Bertz CT molecular complexity index is 582. The smallest absolute Gasteiger partial charge is 0.236 e. The van der Waals surface area contributed by atoms with Gasteiger partial charge in [0.2, 0.25) is 5.91 Å². The highest BCUT2D eigenvalue weighted by Gasteiger charge is 2.58. The van der Waals surface area contributed by atoms with Crippen molar-refractivity contribution in [2.45, 2.75) is 38.8 Å². The Labute approximate surface area is 169 Å². The highest BCUT2D eigenvalue weighted by Crippen LogP contribution is 2.51. The molecule has 0 aromatic carbocycles. The molecule has 1 saturated carbocycles. The van der Waals surface area contributed by atoms with Crippen molar-refractivity contribution in [1.29, 1.82) is 0 Å². The molecular weight excluding hydrogens is 358 g/mol. The Morgan fingerprint density at radius 2 is 1.75 bits per heavy atom. The number of piperazine rings is 1. The lowest BCUT2D eigenvalue weighted by molar-refractivity contribution is -0.177. The molecule has 160 valence electrons. The van der Waals surface area contributed by atoms with Crippen LogP contribution in [0.2, 0.25) is 0 Å². The van der Waals surface area contributed by atoms with Crippen LogP contribution >= 0.6 is 0 Å². The molecule has 2 heterocycles. The molecule has 1 amide bonds. The van der Waals surface area contributed by atoms with E-state index in [-0.39, 0.29) is 16.9 Å². The maximum absolute atomic E-state index is 12.5. The zero-order chi connectivity index (χ0) is 20.4. The van der Waals surface area contributed by atoms with E-state index in [4.69, 9.17) is 9.47 Å². The molecule has 8 heteroatoms. The molecule has 2 unspecified atom stereocenters. The largest absolute Gasteiger partial charge is 0.378 e. The van der Waals surface area contributed by atoms with E-state index in [0.29, 0.717) is 38.9 Å². The summed E-state index contributed by atoms with van der Waals surface area (Å²) in [4.78, 5) is 23.4. The first-order chi connectivity index (χ1) is 13.3. The number of hydrogen-bond donors (Lipinski definition) is 1. The number of nitrogens with one attached hydrogen (secondary N) is 1. The zero-order valence-electron chi connectivity index (χ0n) is 18.2. The standard InChI is InChI=1S/C20H37N5O3/c1-19(2)16(14-20(19,3)27-5)22-18(21-4)25-8-6-23(7-9-25)15-17(26)24-10-12-28-13-11-24/h16H,6-15H2,1-5H3,(H,21,22). The summed E-state index contributed by atoms with van der Waals surface area (Å²) >= 11 is 0. The van der Waals surface area contributed by atoms with Crippen LogP contribution in [0.15, 0.2) is 4.99 Å². The van der Waals surface area contributed by atoms with E-state index in [1.165, 1.54) is 0 Å². The van der Waals surface area contributed by atoms with Crippen LogP contribution in [0.3, 0.4) is 0 Å². The fourth-order valence-corrected chi connectivity index (χ4v) is 4.40. The van der Waals surface area contributed by atoms with Crippen LogP contribution in [0.4, 0.5) is 0 Å². The average Bonchev–Trinajstić information content (AvgIpc) is 2.72. The minimum Gasteiger partial charge on any atom is -0.378 e. The van der Waals surface area contributed by atoms with Gasteiger partial charge in [0.1, 0.15) is 0 Å². The molecule has 0 bridgehead atoms. The molecule has 0 radical (unpaired) electrons. The van der Waals surface area contributed by atoms with E-state index in [1.54, 1.807) is 7.11 Å². The van der Waals surface area contributed by atoms with Crippen molar-refractivity contribution in [3.8, 4) is 0 Å². The average molecular weight is 396 g/mol. The second-order valence-corrected chi connectivity index (χ2v) is 8.86. The first-order valence-electron chi connectivity index (χ1n) is 10.4. The van der Waals surface area contributed by atoms with Crippen LogP contribution in [0, 0.1) is 5.41 Å². The summed E-state index contributed by atoms with van der Waals surface area (Å²) < 4.78 is 11.1. The SMILES string of the molecule is CN=C(NC1CC(C)(OC)C1(C)C)N1CCN(CC(=O)N2CCOCC2)CC1. The summed E-state index contributed by atoms with van der Waals surface area (Å²) in [5.74, 6) is 1.17. The van der Waals surface area contributed by atoms with Crippen LogP contribution in [0.5, 0.6) is 0 Å². The summed E-state index contributed by atoms with van der Waals surface area (Å²) in [5.41, 5.74) is -0.0494. The Balaban J connectivity index is 1.46. The Morgan fingerprint density at radius 3 is 2.29 bits per heavy atom. The van der Waals surface area contributed by atoms with Crippen molar-refractivity contribution < 1.29 is 14.3 Å². The molecule has 1 N–H and O–H groups in total. The molecule has 3 fully saturated rings. The van der Waals surface area contributed by atoms with Crippen LogP contribution < -0.4 is 5.32 Å². The second kappa shape index (κ2) is 8.55. The lowest BCUT2D eigenvalue weighted by Gasteiger charge is -2.59. The summed E-state index contributed by atoms with van der Waals surface area (Å²) in [6, 6.07) is 0.345. The highest BCUT2D eigenvalue weighted by molar-refractivity contribution is 5.81. The summed E-state index contributed by atoms with van der Waals surface area (Å²) in [6.07, 6.45) is 0.976. The number of amides is 1. The summed E-state index contributed by atoms with van der Waals surface area (Å²) in [7, 11) is 3.64. The number of hydrogen-bond acceptors (Lipinski definition) is 5. The molecule has 0 aromatic rings. The molecule has 3 rings (SSSR count). The molecule has 1 aliphatic carbocycles. The normalized spacial score (nSPS) is 31.5. The third kappa shape index (κ3) is 4.14. The summed E-state index contributed by atoms with van der Waals surface area (Å²) in [6.45, 7) is 13.4. The van der Waals surface area contributed by atoms with E-state index in [9.17, 15) is 4.79 Å². The number of aliphatic imine (C=N–C) groups is 1. The number of carbonyl (C=O) groups is 1. The van der Waals surface area contributed by atoms with Gasteiger partial charge in [-0.05, 0) is 13.3 Å². The van der Waals surface area contributed by atoms with Gasteiger partial charge >= 0.3 is 0 Å². The number of rotatable bonds is 4. The fraction of sp³-hybridized carbons (Fsp3) is 0.900. The van der Waals surface area contributed by atoms with Gasteiger partial charge in [-0.25, -0.2) is 0 Å². The van der Waals surface area contributed by atoms with E-state index in [0.717, 1.165) is 38.6 Å². The van der Waals surface area contributed by atoms with E-state index in [2.05, 4.69) is 40.9 Å². The molecule has 8 nitrogen and oxygen atoms in total. The highest BCUT2D eigenvalue weighted by atomic mass is 16.5. The zero-order valence-corrected chi connectivity index (χ0v) is 18.2. The molecule has 2 saturated heterocycles. The number of carbonyl (C=O) groups excluding carboxylic acids is 1. The van der Waals surface area contributed by atoms with Gasteiger partial charge in [-0.3, -0.25) is 14.7 Å². The molecule has 0 spiro atoms. The molecule has 0 aromatic heterocycles. The molecule has 28 heavy (non-hydrogen) atoms. The number of ether oxygens (including phenoxy) is 2. The first kappa shape index (κ1) is 21.3. The van der Waals surface area contributed by atoms with E-state index < -0.39 is 0 Å². The number of morpholine rings is 1. The van der Waals surface area contributed by atoms with Crippen molar-refractivity contribution in [2.24, 2.45) is 10.4 Å². The van der Waals surface area contributed by atoms with Gasteiger partial charge in [-0.2, -0.15) is 0 Å². The van der Waals surface area contributed by atoms with Crippen LogP contribution in [-0.4, -0.2) is 111 Å². The summed E-state index contributed by atoms with van der Waals surface area (Å²) in [5, 5.41) is 3.65. The molecule has 2 aliphatic heterocycles. The van der Waals surface area contributed by atoms with Gasteiger partial charge in [-0.15, -0.1) is 0 Å². The Morgan fingerprint density at radius 1 is 1.11 bits per heavy atom. The van der Waals surface area contributed by atoms with Crippen molar-refractivity contribution in [3.63, 3.8) is 0 Å². The van der Waals surface area contributed by atoms with E-state index >= 15 is 0 Å². The Hall–Kier alpha value is -1.38. The predicted octanol–water partition coefficient (Wildman–Crippen LogP) is 0.242. The minimum absolute atomic E-state index is 0.0457.